The second-order valence-corrected chi connectivity index (χ2v) is 6.08. The number of amides is 1. The van der Waals surface area contributed by atoms with Gasteiger partial charge in [-0.1, -0.05) is 6.07 Å². The third-order valence-electron chi connectivity index (χ3n) is 3.65. The monoisotopic (exact) mass is 339 g/mol. The highest BCUT2D eigenvalue weighted by Gasteiger charge is 2.29. The van der Waals surface area contributed by atoms with E-state index in [-0.39, 0.29) is 18.4 Å². The van der Waals surface area contributed by atoms with Crippen molar-refractivity contribution in [2.45, 2.75) is 38.6 Å². The maximum absolute atomic E-state index is 12.6. The molecule has 0 aliphatic carbocycles. The number of piperidine rings is 1. The third kappa shape index (κ3) is 3.39. The summed E-state index contributed by atoms with van der Waals surface area (Å²) in [5.74, 6) is -0.930. The number of nitrogens with zero attached hydrogens (tertiary/aromatic N) is 1. The summed E-state index contributed by atoms with van der Waals surface area (Å²) in [6.45, 7) is 2.60. The average molecular weight is 340 g/mol. The van der Waals surface area contributed by atoms with E-state index in [4.69, 9.17) is 5.11 Å². The van der Waals surface area contributed by atoms with Gasteiger partial charge >= 0.3 is 5.97 Å². The molecule has 1 fully saturated rings. The van der Waals surface area contributed by atoms with Gasteiger partial charge in [0.1, 0.15) is 0 Å². The zero-order chi connectivity index (χ0) is 14.7. The molecule has 0 saturated carbocycles. The number of aliphatic carboxylic acids is 1. The summed E-state index contributed by atoms with van der Waals surface area (Å²) < 4.78 is 0.766. The van der Waals surface area contributed by atoms with E-state index in [0.717, 1.165) is 29.3 Å². The second-order valence-electron chi connectivity index (χ2n) is 5.23. The zero-order valence-corrected chi connectivity index (χ0v) is 13.0. The van der Waals surface area contributed by atoms with Crippen LogP contribution in [0.4, 0.5) is 0 Å². The molecule has 1 atom stereocenters. The highest BCUT2D eigenvalue weighted by Crippen LogP contribution is 2.25. The molecule has 1 unspecified atom stereocenters. The molecule has 1 aromatic rings. The van der Waals surface area contributed by atoms with E-state index >= 15 is 0 Å². The summed E-state index contributed by atoms with van der Waals surface area (Å²) in [5, 5.41) is 8.98. The number of aryl methyl sites for hydroxylation is 1. The lowest BCUT2D eigenvalue weighted by atomic mass is 9.98. The molecule has 2 rings (SSSR count). The van der Waals surface area contributed by atoms with Crippen LogP contribution in [0.15, 0.2) is 22.7 Å². The van der Waals surface area contributed by atoms with Crippen LogP contribution < -0.4 is 0 Å². The van der Waals surface area contributed by atoms with E-state index in [1.165, 1.54) is 0 Å². The van der Waals surface area contributed by atoms with E-state index < -0.39 is 5.97 Å². The van der Waals surface area contributed by atoms with Gasteiger partial charge in [-0.05, 0) is 59.8 Å². The van der Waals surface area contributed by atoms with Gasteiger partial charge in [0.15, 0.2) is 0 Å². The number of carboxylic acid groups (broad SMARTS) is 1. The number of rotatable bonds is 3. The number of carboxylic acids is 1. The standard InChI is InChI=1S/C15H18BrNO3/c1-10-5-6-12(13(16)8-10)15(20)17-7-3-2-4-11(17)9-14(18)19/h5-6,8,11H,2-4,7,9H2,1H3,(H,18,19). The number of carbonyl (C=O) groups is 2. The van der Waals surface area contributed by atoms with E-state index in [1.807, 2.05) is 19.1 Å². The molecule has 1 aliphatic rings. The lowest BCUT2D eigenvalue weighted by molar-refractivity contribution is -0.138. The lowest BCUT2D eigenvalue weighted by Gasteiger charge is -2.35. The molecule has 0 bridgehead atoms. The predicted octanol–water partition coefficient (Wildman–Crippen LogP) is 3.23. The average Bonchev–Trinajstić information content (AvgIpc) is 2.38. The fourth-order valence-electron chi connectivity index (χ4n) is 2.63. The lowest BCUT2D eigenvalue weighted by Crippen LogP contribution is -2.44. The number of carbonyl (C=O) groups excluding carboxylic acids is 1. The summed E-state index contributed by atoms with van der Waals surface area (Å²) in [4.78, 5) is 25.3. The van der Waals surface area contributed by atoms with Crippen molar-refractivity contribution in [1.29, 1.82) is 0 Å². The minimum absolute atomic E-state index is 0.0230. The molecule has 0 radical (unpaired) electrons. The Morgan fingerprint density at radius 3 is 2.80 bits per heavy atom. The van der Waals surface area contributed by atoms with Crippen molar-refractivity contribution in [3.63, 3.8) is 0 Å². The quantitative estimate of drug-likeness (QED) is 0.919. The maximum Gasteiger partial charge on any atom is 0.305 e. The van der Waals surface area contributed by atoms with E-state index in [9.17, 15) is 9.59 Å². The number of benzene rings is 1. The third-order valence-corrected chi connectivity index (χ3v) is 4.31. The van der Waals surface area contributed by atoms with Gasteiger partial charge in [-0.25, -0.2) is 0 Å². The molecule has 1 heterocycles. The van der Waals surface area contributed by atoms with Crippen molar-refractivity contribution < 1.29 is 14.7 Å². The first kappa shape index (κ1) is 15.0. The molecule has 0 spiro atoms. The fourth-order valence-corrected chi connectivity index (χ4v) is 3.29. The Bertz CT molecular complexity index is 530. The van der Waals surface area contributed by atoms with Crippen LogP contribution in [0.2, 0.25) is 0 Å². The Balaban J connectivity index is 2.22. The summed E-state index contributed by atoms with van der Waals surface area (Å²) in [6, 6.07) is 5.41. The van der Waals surface area contributed by atoms with Gasteiger partial charge in [-0.15, -0.1) is 0 Å². The molecular formula is C15H18BrNO3. The largest absolute Gasteiger partial charge is 0.481 e. The van der Waals surface area contributed by atoms with Crippen molar-refractivity contribution in [3.05, 3.63) is 33.8 Å². The number of hydrogen-bond acceptors (Lipinski definition) is 2. The highest BCUT2D eigenvalue weighted by molar-refractivity contribution is 9.10. The highest BCUT2D eigenvalue weighted by atomic mass is 79.9. The Kier molecular flexibility index (Phi) is 4.81. The summed E-state index contributed by atoms with van der Waals surface area (Å²) >= 11 is 3.42. The topological polar surface area (TPSA) is 57.6 Å². The molecule has 0 aromatic heterocycles. The molecule has 1 N–H and O–H groups in total. The van der Waals surface area contributed by atoms with Gasteiger partial charge < -0.3 is 10.0 Å². The molecule has 5 heteroatoms. The summed E-state index contributed by atoms with van der Waals surface area (Å²) in [7, 11) is 0. The van der Waals surface area contributed by atoms with E-state index in [2.05, 4.69) is 15.9 Å². The zero-order valence-electron chi connectivity index (χ0n) is 11.4. The molecule has 1 aromatic carbocycles. The normalized spacial score (nSPS) is 18.9. The molecule has 1 aliphatic heterocycles. The summed E-state index contributed by atoms with van der Waals surface area (Å²) in [6.07, 6.45) is 2.71. The van der Waals surface area contributed by atoms with E-state index in [1.54, 1.807) is 11.0 Å². The van der Waals surface area contributed by atoms with Crippen LogP contribution in [0.5, 0.6) is 0 Å². The minimum atomic E-state index is -0.849. The first-order chi connectivity index (χ1) is 9.49. The Hall–Kier alpha value is -1.36. The van der Waals surface area contributed by atoms with Crippen molar-refractivity contribution in [2.24, 2.45) is 0 Å². The minimum Gasteiger partial charge on any atom is -0.481 e. The Morgan fingerprint density at radius 1 is 1.40 bits per heavy atom. The summed E-state index contributed by atoms with van der Waals surface area (Å²) in [5.41, 5.74) is 1.68. The first-order valence-electron chi connectivity index (χ1n) is 6.78. The van der Waals surface area contributed by atoms with Crippen molar-refractivity contribution in [3.8, 4) is 0 Å². The van der Waals surface area contributed by atoms with Gasteiger partial charge in [-0.2, -0.15) is 0 Å². The Labute approximate surface area is 126 Å². The molecule has 108 valence electrons. The first-order valence-corrected chi connectivity index (χ1v) is 7.57. The smallest absolute Gasteiger partial charge is 0.305 e. The fraction of sp³-hybridized carbons (Fsp3) is 0.467. The van der Waals surface area contributed by atoms with Crippen LogP contribution in [0.1, 0.15) is 41.6 Å². The second kappa shape index (κ2) is 6.39. The van der Waals surface area contributed by atoms with Crippen LogP contribution in [0, 0.1) is 6.92 Å². The molecule has 1 amide bonds. The number of halogens is 1. The van der Waals surface area contributed by atoms with E-state index in [0.29, 0.717) is 12.1 Å². The SMILES string of the molecule is Cc1ccc(C(=O)N2CCCCC2CC(=O)O)c(Br)c1. The molecule has 1 saturated heterocycles. The number of likely N-dealkylation sites (tertiary alicyclic amines) is 1. The van der Waals surface area contributed by atoms with Crippen molar-refractivity contribution >= 4 is 27.8 Å². The van der Waals surface area contributed by atoms with Crippen LogP contribution in [-0.4, -0.2) is 34.5 Å². The Morgan fingerprint density at radius 2 is 2.15 bits per heavy atom. The predicted molar refractivity (Wildman–Crippen MR) is 79.8 cm³/mol. The maximum atomic E-state index is 12.6. The van der Waals surface area contributed by atoms with Crippen molar-refractivity contribution in [1.82, 2.24) is 4.90 Å². The number of hydrogen-bond donors (Lipinski definition) is 1. The van der Waals surface area contributed by atoms with Crippen LogP contribution >= 0.6 is 15.9 Å². The molecule has 20 heavy (non-hydrogen) atoms. The van der Waals surface area contributed by atoms with Gasteiger partial charge in [-0.3, -0.25) is 9.59 Å². The van der Waals surface area contributed by atoms with Gasteiger partial charge in [0.25, 0.3) is 5.91 Å². The van der Waals surface area contributed by atoms with Gasteiger partial charge in [0.2, 0.25) is 0 Å². The van der Waals surface area contributed by atoms with Crippen molar-refractivity contribution in [2.75, 3.05) is 6.54 Å². The van der Waals surface area contributed by atoms with Crippen LogP contribution in [0.3, 0.4) is 0 Å². The van der Waals surface area contributed by atoms with Crippen LogP contribution in [-0.2, 0) is 4.79 Å². The molecule has 4 nitrogen and oxygen atoms in total. The van der Waals surface area contributed by atoms with Gasteiger partial charge in [0.05, 0.1) is 12.0 Å². The van der Waals surface area contributed by atoms with Crippen LogP contribution in [0.25, 0.3) is 0 Å². The molecular weight excluding hydrogens is 322 g/mol. The van der Waals surface area contributed by atoms with Gasteiger partial charge in [0, 0.05) is 17.1 Å².